The Morgan fingerprint density at radius 1 is 1.11 bits per heavy atom. The van der Waals surface area contributed by atoms with Crippen LogP contribution in [0.5, 0.6) is 0 Å². The molecule has 2 aromatic carbocycles. The van der Waals surface area contributed by atoms with Gasteiger partial charge in [0.05, 0.1) is 0 Å². The average molecular weight is 256 g/mol. The molecule has 1 atom stereocenters. The van der Waals surface area contributed by atoms with Crippen molar-refractivity contribution in [3.05, 3.63) is 54.6 Å². The van der Waals surface area contributed by atoms with E-state index in [1.807, 2.05) is 54.6 Å². The topological polar surface area (TPSA) is 75.3 Å². The molecule has 0 amide bonds. The van der Waals surface area contributed by atoms with E-state index in [2.05, 4.69) is 5.32 Å². The summed E-state index contributed by atoms with van der Waals surface area (Å²) in [7, 11) is 0. The Morgan fingerprint density at radius 3 is 2.37 bits per heavy atom. The largest absolute Gasteiger partial charge is 0.480 e. The van der Waals surface area contributed by atoms with Crippen LogP contribution in [-0.2, 0) is 4.79 Å². The van der Waals surface area contributed by atoms with Gasteiger partial charge in [0.1, 0.15) is 6.04 Å². The van der Waals surface area contributed by atoms with Crippen LogP contribution in [0.3, 0.4) is 0 Å². The van der Waals surface area contributed by atoms with Crippen LogP contribution < -0.4 is 11.1 Å². The van der Waals surface area contributed by atoms with Crippen LogP contribution in [0, 0.1) is 0 Å². The van der Waals surface area contributed by atoms with Gasteiger partial charge < -0.3 is 16.2 Å². The van der Waals surface area contributed by atoms with Crippen LogP contribution in [0.1, 0.15) is 0 Å². The second-order valence-corrected chi connectivity index (χ2v) is 4.18. The van der Waals surface area contributed by atoms with Crippen molar-refractivity contribution < 1.29 is 9.90 Å². The molecule has 4 heteroatoms. The molecule has 1 unspecified atom stereocenters. The Morgan fingerprint density at radius 2 is 1.74 bits per heavy atom. The highest BCUT2D eigenvalue weighted by Crippen LogP contribution is 2.27. The third-order valence-corrected chi connectivity index (χ3v) is 2.88. The van der Waals surface area contributed by atoms with Gasteiger partial charge in [-0.2, -0.15) is 0 Å². The molecule has 4 nitrogen and oxygen atoms in total. The van der Waals surface area contributed by atoms with Crippen molar-refractivity contribution in [3.63, 3.8) is 0 Å². The number of nitrogens with one attached hydrogen (secondary N) is 1. The molecule has 4 N–H and O–H groups in total. The first-order chi connectivity index (χ1) is 9.22. The number of carbonyl (C=O) groups is 1. The van der Waals surface area contributed by atoms with Crippen LogP contribution >= 0.6 is 0 Å². The summed E-state index contributed by atoms with van der Waals surface area (Å²) in [6.07, 6.45) is 0. The number of para-hydroxylation sites is 1. The molecule has 2 aromatic rings. The summed E-state index contributed by atoms with van der Waals surface area (Å²) in [6.45, 7) is 0.0401. The summed E-state index contributed by atoms with van der Waals surface area (Å²) < 4.78 is 0. The predicted octanol–water partition coefficient (Wildman–Crippen LogP) is 2.18. The molecule has 0 spiro atoms. The average Bonchev–Trinajstić information content (AvgIpc) is 2.45. The minimum Gasteiger partial charge on any atom is -0.480 e. The molecule has 0 saturated carbocycles. The Hall–Kier alpha value is -2.33. The maximum Gasteiger partial charge on any atom is 0.327 e. The molecule has 19 heavy (non-hydrogen) atoms. The second-order valence-electron chi connectivity index (χ2n) is 4.18. The van der Waals surface area contributed by atoms with Gasteiger partial charge in [0.25, 0.3) is 0 Å². The number of benzene rings is 2. The summed E-state index contributed by atoms with van der Waals surface area (Å²) in [4.78, 5) is 11.0. The molecule has 2 rings (SSSR count). The van der Waals surface area contributed by atoms with Crippen LogP contribution in [0.25, 0.3) is 11.1 Å². The zero-order valence-electron chi connectivity index (χ0n) is 10.4. The Labute approximate surface area is 111 Å². The van der Waals surface area contributed by atoms with Gasteiger partial charge in [-0.3, -0.25) is 0 Å². The molecule has 0 aliphatic carbocycles. The van der Waals surface area contributed by atoms with E-state index in [1.54, 1.807) is 0 Å². The standard InChI is InChI=1S/C15H16N2O2/c16-10-14(15(18)19)17-13-9-5-4-8-12(13)11-6-2-1-3-7-11/h1-9,14,17H,10,16H2,(H,18,19). The van der Waals surface area contributed by atoms with Crippen LogP contribution in [0.15, 0.2) is 54.6 Å². The van der Waals surface area contributed by atoms with Gasteiger partial charge in [-0.25, -0.2) is 4.79 Å². The summed E-state index contributed by atoms with van der Waals surface area (Å²) in [6, 6.07) is 16.6. The zero-order chi connectivity index (χ0) is 13.7. The zero-order valence-corrected chi connectivity index (χ0v) is 10.4. The molecule has 0 saturated heterocycles. The number of hydrogen-bond donors (Lipinski definition) is 3. The van der Waals surface area contributed by atoms with Crippen LogP contribution in [-0.4, -0.2) is 23.7 Å². The van der Waals surface area contributed by atoms with Crippen molar-refractivity contribution in [3.8, 4) is 11.1 Å². The lowest BCUT2D eigenvalue weighted by Gasteiger charge is -2.17. The molecule has 0 aliphatic rings. The van der Waals surface area contributed by atoms with Gasteiger partial charge in [-0.05, 0) is 11.6 Å². The van der Waals surface area contributed by atoms with Gasteiger partial charge in [0.2, 0.25) is 0 Å². The molecule has 0 fully saturated rings. The molecular formula is C15H16N2O2. The first-order valence-corrected chi connectivity index (χ1v) is 6.06. The van der Waals surface area contributed by atoms with E-state index in [4.69, 9.17) is 10.8 Å². The first kappa shape index (κ1) is 13.1. The Kier molecular flexibility index (Phi) is 4.15. The van der Waals surface area contributed by atoms with Gasteiger partial charge >= 0.3 is 5.97 Å². The van der Waals surface area contributed by atoms with E-state index in [9.17, 15) is 4.79 Å². The molecule has 0 bridgehead atoms. The Bertz CT molecular complexity index is 555. The summed E-state index contributed by atoms with van der Waals surface area (Å²) in [5, 5.41) is 12.0. The van der Waals surface area contributed by atoms with Crippen LogP contribution in [0.2, 0.25) is 0 Å². The van der Waals surface area contributed by atoms with E-state index >= 15 is 0 Å². The number of rotatable bonds is 5. The van der Waals surface area contributed by atoms with E-state index in [-0.39, 0.29) is 6.54 Å². The molecular weight excluding hydrogens is 240 g/mol. The molecule has 0 heterocycles. The van der Waals surface area contributed by atoms with Gasteiger partial charge in [-0.1, -0.05) is 48.5 Å². The summed E-state index contributed by atoms with van der Waals surface area (Å²) >= 11 is 0. The smallest absolute Gasteiger partial charge is 0.327 e. The minimum atomic E-state index is -0.953. The van der Waals surface area contributed by atoms with Gasteiger partial charge in [-0.15, -0.1) is 0 Å². The highest BCUT2D eigenvalue weighted by Gasteiger charge is 2.16. The first-order valence-electron chi connectivity index (χ1n) is 6.06. The highest BCUT2D eigenvalue weighted by molar-refractivity contribution is 5.83. The number of hydrogen-bond acceptors (Lipinski definition) is 3. The van der Waals surface area contributed by atoms with Crippen molar-refractivity contribution in [2.24, 2.45) is 5.73 Å². The minimum absolute atomic E-state index is 0.0401. The fraction of sp³-hybridized carbons (Fsp3) is 0.133. The van der Waals surface area contributed by atoms with E-state index in [0.717, 1.165) is 16.8 Å². The SMILES string of the molecule is NCC(Nc1ccccc1-c1ccccc1)C(=O)O. The number of nitrogens with two attached hydrogens (primary N) is 1. The quantitative estimate of drug-likeness (QED) is 0.766. The van der Waals surface area contributed by atoms with Crippen LogP contribution in [0.4, 0.5) is 5.69 Å². The molecule has 0 radical (unpaired) electrons. The fourth-order valence-electron chi connectivity index (χ4n) is 1.89. The van der Waals surface area contributed by atoms with E-state index in [1.165, 1.54) is 0 Å². The number of anilines is 1. The van der Waals surface area contributed by atoms with Crippen molar-refractivity contribution in [2.75, 3.05) is 11.9 Å². The molecule has 0 aromatic heterocycles. The van der Waals surface area contributed by atoms with Gasteiger partial charge in [0.15, 0.2) is 0 Å². The molecule has 98 valence electrons. The van der Waals surface area contributed by atoms with E-state index in [0.29, 0.717) is 0 Å². The summed E-state index contributed by atoms with van der Waals surface area (Å²) in [5.74, 6) is -0.953. The van der Waals surface area contributed by atoms with Gasteiger partial charge in [0, 0.05) is 17.8 Å². The number of aliphatic carboxylic acids is 1. The van der Waals surface area contributed by atoms with Crippen molar-refractivity contribution >= 4 is 11.7 Å². The van der Waals surface area contributed by atoms with Crippen molar-refractivity contribution in [1.29, 1.82) is 0 Å². The third-order valence-electron chi connectivity index (χ3n) is 2.88. The summed E-state index contributed by atoms with van der Waals surface area (Å²) in [5.41, 5.74) is 8.23. The van der Waals surface area contributed by atoms with E-state index < -0.39 is 12.0 Å². The highest BCUT2D eigenvalue weighted by atomic mass is 16.4. The number of carboxylic acid groups (broad SMARTS) is 1. The lowest BCUT2D eigenvalue weighted by Crippen LogP contribution is -2.36. The maximum absolute atomic E-state index is 11.0. The monoisotopic (exact) mass is 256 g/mol. The lowest BCUT2D eigenvalue weighted by molar-refractivity contribution is -0.137. The fourth-order valence-corrected chi connectivity index (χ4v) is 1.89. The number of carboxylic acids is 1. The Balaban J connectivity index is 2.34. The molecule has 0 aliphatic heterocycles. The maximum atomic E-state index is 11.0. The third kappa shape index (κ3) is 3.11. The lowest BCUT2D eigenvalue weighted by atomic mass is 10.0. The normalized spacial score (nSPS) is 11.8. The predicted molar refractivity (Wildman–Crippen MR) is 76.0 cm³/mol. The van der Waals surface area contributed by atoms with Crippen molar-refractivity contribution in [1.82, 2.24) is 0 Å². The van der Waals surface area contributed by atoms with Crippen molar-refractivity contribution in [2.45, 2.75) is 6.04 Å². The second kappa shape index (κ2) is 6.02.